The molecule has 0 spiro atoms. The van der Waals surface area contributed by atoms with Crippen LogP contribution in [0.3, 0.4) is 0 Å². The second kappa shape index (κ2) is 8.31. The van der Waals surface area contributed by atoms with Gasteiger partial charge in [0.15, 0.2) is 0 Å². The number of ether oxygens (including phenoxy) is 1. The summed E-state index contributed by atoms with van der Waals surface area (Å²) in [5, 5.41) is 0.618. The van der Waals surface area contributed by atoms with Crippen LogP contribution in [0.5, 0.6) is 0 Å². The summed E-state index contributed by atoms with van der Waals surface area (Å²) in [4.78, 5) is 17.8. The predicted molar refractivity (Wildman–Crippen MR) is 110 cm³/mol. The molecule has 0 aromatic heterocycles. The van der Waals surface area contributed by atoms with Crippen LogP contribution in [0.15, 0.2) is 46.9 Å². The molecular formula is C21H22BrClN2O2. The van der Waals surface area contributed by atoms with Crippen LogP contribution >= 0.6 is 27.5 Å². The zero-order valence-corrected chi connectivity index (χ0v) is 17.4. The van der Waals surface area contributed by atoms with Crippen molar-refractivity contribution >= 4 is 33.4 Å². The average Bonchev–Trinajstić information content (AvgIpc) is 2.68. The van der Waals surface area contributed by atoms with Gasteiger partial charge in [-0.15, -0.1) is 0 Å². The Morgan fingerprint density at radius 2 is 1.89 bits per heavy atom. The molecule has 2 aliphatic heterocycles. The van der Waals surface area contributed by atoms with E-state index in [2.05, 4.69) is 39.0 Å². The highest BCUT2D eigenvalue weighted by molar-refractivity contribution is 9.10. The molecule has 0 aliphatic carbocycles. The van der Waals surface area contributed by atoms with Gasteiger partial charge in [-0.05, 0) is 51.7 Å². The first kappa shape index (κ1) is 18.9. The summed E-state index contributed by atoms with van der Waals surface area (Å²) in [5.41, 5.74) is 3.23. The number of hydrogen-bond donors (Lipinski definition) is 0. The fraction of sp³-hybridized carbons (Fsp3) is 0.381. The highest BCUT2D eigenvalue weighted by atomic mass is 79.9. The minimum absolute atomic E-state index is 0.0475. The Morgan fingerprint density at radius 3 is 2.63 bits per heavy atom. The van der Waals surface area contributed by atoms with E-state index in [1.165, 1.54) is 11.1 Å². The van der Waals surface area contributed by atoms with Gasteiger partial charge in [0.05, 0.1) is 18.8 Å². The summed E-state index contributed by atoms with van der Waals surface area (Å²) in [5.74, 6) is 0.0475. The van der Waals surface area contributed by atoms with Crippen molar-refractivity contribution in [1.82, 2.24) is 9.80 Å². The van der Waals surface area contributed by atoms with Gasteiger partial charge in [0.1, 0.15) is 0 Å². The van der Waals surface area contributed by atoms with Crippen LogP contribution in [0.25, 0.3) is 0 Å². The lowest BCUT2D eigenvalue weighted by molar-refractivity contribution is 0.0192. The van der Waals surface area contributed by atoms with Crippen molar-refractivity contribution < 1.29 is 9.53 Å². The summed E-state index contributed by atoms with van der Waals surface area (Å²) in [6, 6.07) is 13.9. The normalized spacial score (nSPS) is 20.4. The van der Waals surface area contributed by atoms with Gasteiger partial charge in [0, 0.05) is 41.7 Å². The highest BCUT2D eigenvalue weighted by Gasteiger charge is 2.32. The third-order valence-electron chi connectivity index (χ3n) is 5.35. The van der Waals surface area contributed by atoms with E-state index >= 15 is 0 Å². The molecule has 0 radical (unpaired) electrons. The van der Waals surface area contributed by atoms with Crippen LogP contribution in [0.4, 0.5) is 0 Å². The Labute approximate surface area is 173 Å². The van der Waals surface area contributed by atoms with Crippen molar-refractivity contribution in [2.75, 3.05) is 32.8 Å². The van der Waals surface area contributed by atoms with Crippen LogP contribution < -0.4 is 0 Å². The maximum atomic E-state index is 13.4. The summed E-state index contributed by atoms with van der Waals surface area (Å²) in [7, 11) is 0. The SMILES string of the molecule is O=C(c1ccc(Cl)cc1Br)N1Cc2ccccc2CC1CN1CCOCC1. The molecule has 2 aromatic rings. The minimum atomic E-state index is 0.0475. The molecule has 4 rings (SSSR count). The van der Waals surface area contributed by atoms with Crippen molar-refractivity contribution in [1.29, 1.82) is 0 Å². The molecule has 0 saturated carbocycles. The number of rotatable bonds is 3. The van der Waals surface area contributed by atoms with Crippen molar-refractivity contribution in [3.8, 4) is 0 Å². The monoisotopic (exact) mass is 448 g/mol. The molecule has 0 N–H and O–H groups in total. The number of morpholine rings is 1. The molecule has 0 bridgehead atoms. The van der Waals surface area contributed by atoms with Crippen molar-refractivity contribution in [2.24, 2.45) is 0 Å². The Bertz CT molecular complexity index is 839. The molecule has 1 atom stereocenters. The maximum absolute atomic E-state index is 13.4. The number of nitrogens with zero attached hydrogens (tertiary/aromatic N) is 2. The number of amides is 1. The van der Waals surface area contributed by atoms with Crippen LogP contribution in [0.2, 0.25) is 5.02 Å². The molecule has 2 heterocycles. The van der Waals surface area contributed by atoms with E-state index in [0.29, 0.717) is 17.1 Å². The lowest BCUT2D eigenvalue weighted by atomic mass is 9.93. The lowest BCUT2D eigenvalue weighted by Crippen LogP contribution is -2.52. The van der Waals surface area contributed by atoms with E-state index in [1.807, 2.05) is 11.0 Å². The van der Waals surface area contributed by atoms with E-state index in [4.69, 9.17) is 16.3 Å². The quantitative estimate of drug-likeness (QED) is 0.710. The third-order valence-corrected chi connectivity index (χ3v) is 6.24. The van der Waals surface area contributed by atoms with Crippen LogP contribution in [0.1, 0.15) is 21.5 Å². The second-order valence-electron chi connectivity index (χ2n) is 7.10. The minimum Gasteiger partial charge on any atom is -0.379 e. The first-order chi connectivity index (χ1) is 13.1. The van der Waals surface area contributed by atoms with E-state index in [0.717, 1.165) is 43.7 Å². The number of carbonyl (C=O) groups excluding carboxylic acids is 1. The first-order valence-corrected chi connectivity index (χ1v) is 10.4. The van der Waals surface area contributed by atoms with Gasteiger partial charge < -0.3 is 9.64 Å². The molecule has 2 aromatic carbocycles. The largest absolute Gasteiger partial charge is 0.379 e. The molecule has 27 heavy (non-hydrogen) atoms. The summed E-state index contributed by atoms with van der Waals surface area (Å²) < 4.78 is 6.21. The summed E-state index contributed by atoms with van der Waals surface area (Å²) >= 11 is 9.56. The highest BCUT2D eigenvalue weighted by Crippen LogP contribution is 2.29. The molecule has 1 amide bonds. The Hall–Kier alpha value is -1.40. The van der Waals surface area contributed by atoms with E-state index in [9.17, 15) is 4.79 Å². The standard InChI is InChI=1S/C21H22BrClN2O2/c22-20-12-17(23)5-6-19(20)21(26)25-13-16-4-2-1-3-15(16)11-18(25)14-24-7-9-27-10-8-24/h1-6,12,18H,7-11,13-14H2. The maximum Gasteiger partial charge on any atom is 0.255 e. The number of fused-ring (bicyclic) bond motifs is 1. The van der Waals surface area contributed by atoms with Crippen LogP contribution in [-0.2, 0) is 17.7 Å². The van der Waals surface area contributed by atoms with Gasteiger partial charge in [-0.25, -0.2) is 0 Å². The average molecular weight is 450 g/mol. The van der Waals surface area contributed by atoms with Gasteiger partial charge in [0.2, 0.25) is 0 Å². The molecule has 4 nitrogen and oxygen atoms in total. The smallest absolute Gasteiger partial charge is 0.255 e. The summed E-state index contributed by atoms with van der Waals surface area (Å²) in [6.45, 7) is 4.88. The topological polar surface area (TPSA) is 32.8 Å². The predicted octanol–water partition coefficient (Wildman–Crippen LogP) is 4.00. The van der Waals surface area contributed by atoms with Gasteiger partial charge in [-0.2, -0.15) is 0 Å². The number of halogens is 2. The fourth-order valence-corrected chi connectivity index (χ4v) is 4.74. The van der Waals surface area contributed by atoms with Gasteiger partial charge >= 0.3 is 0 Å². The summed E-state index contributed by atoms with van der Waals surface area (Å²) in [6.07, 6.45) is 0.879. The van der Waals surface area contributed by atoms with E-state index in [-0.39, 0.29) is 11.9 Å². The van der Waals surface area contributed by atoms with Crippen LogP contribution in [-0.4, -0.2) is 54.6 Å². The Morgan fingerprint density at radius 1 is 1.15 bits per heavy atom. The molecule has 6 heteroatoms. The van der Waals surface area contributed by atoms with Crippen molar-refractivity contribution in [3.05, 3.63) is 68.7 Å². The van der Waals surface area contributed by atoms with Crippen molar-refractivity contribution in [3.63, 3.8) is 0 Å². The number of benzene rings is 2. The van der Waals surface area contributed by atoms with Gasteiger partial charge in [0.25, 0.3) is 5.91 Å². The number of hydrogen-bond acceptors (Lipinski definition) is 3. The number of carbonyl (C=O) groups is 1. The Kier molecular flexibility index (Phi) is 5.83. The molecule has 1 fully saturated rings. The van der Waals surface area contributed by atoms with Gasteiger partial charge in [-0.1, -0.05) is 35.9 Å². The molecule has 1 saturated heterocycles. The second-order valence-corrected chi connectivity index (χ2v) is 8.39. The Balaban J connectivity index is 1.62. The lowest BCUT2D eigenvalue weighted by Gasteiger charge is -2.40. The molecule has 142 valence electrons. The van der Waals surface area contributed by atoms with Gasteiger partial charge in [-0.3, -0.25) is 9.69 Å². The zero-order valence-electron chi connectivity index (χ0n) is 15.0. The fourth-order valence-electron chi connectivity index (χ4n) is 3.89. The molecular weight excluding hydrogens is 428 g/mol. The zero-order chi connectivity index (χ0) is 18.8. The van der Waals surface area contributed by atoms with E-state index < -0.39 is 0 Å². The molecule has 2 aliphatic rings. The third kappa shape index (κ3) is 4.21. The van der Waals surface area contributed by atoms with E-state index in [1.54, 1.807) is 18.2 Å². The first-order valence-electron chi connectivity index (χ1n) is 9.25. The van der Waals surface area contributed by atoms with Crippen molar-refractivity contribution in [2.45, 2.75) is 19.0 Å². The molecule has 1 unspecified atom stereocenters. The van der Waals surface area contributed by atoms with Crippen LogP contribution in [0, 0.1) is 0 Å².